The summed E-state index contributed by atoms with van der Waals surface area (Å²) < 4.78 is 5.85. The minimum absolute atomic E-state index is 0.0676. The van der Waals surface area contributed by atoms with Gasteiger partial charge >= 0.3 is 0 Å². The Kier molecular flexibility index (Phi) is 4.96. The Hall–Kier alpha value is -0.870. The number of ketones is 1. The van der Waals surface area contributed by atoms with Crippen LogP contribution in [0.15, 0.2) is 22.7 Å². The van der Waals surface area contributed by atoms with E-state index >= 15 is 0 Å². The summed E-state index contributed by atoms with van der Waals surface area (Å²) >= 11 is 3.41. The molecule has 16 heavy (non-hydrogen) atoms. The minimum atomic E-state index is 0.0676. The van der Waals surface area contributed by atoms with Crippen LogP contribution in [0.4, 0.5) is 5.69 Å². The molecule has 0 N–H and O–H groups in total. The van der Waals surface area contributed by atoms with Crippen molar-refractivity contribution in [2.24, 2.45) is 0 Å². The largest absolute Gasteiger partial charge is 0.383 e. The molecule has 0 spiro atoms. The third-order valence-electron chi connectivity index (χ3n) is 2.40. The number of ether oxygens (including phenoxy) is 1. The maximum Gasteiger partial charge on any atom is 0.160 e. The number of halogens is 1. The predicted octanol–water partition coefficient (Wildman–Crippen LogP) is 2.73. The van der Waals surface area contributed by atoms with Gasteiger partial charge in [0.05, 0.1) is 6.61 Å². The van der Waals surface area contributed by atoms with Crippen molar-refractivity contribution in [3.63, 3.8) is 0 Å². The van der Waals surface area contributed by atoms with E-state index in [0.29, 0.717) is 12.2 Å². The molecule has 0 aliphatic carbocycles. The normalized spacial score (nSPS) is 10.2. The molecule has 0 aliphatic heterocycles. The van der Waals surface area contributed by atoms with Crippen LogP contribution in [0, 0.1) is 0 Å². The Bertz CT molecular complexity index is 379. The summed E-state index contributed by atoms with van der Waals surface area (Å²) in [5.41, 5.74) is 1.78. The van der Waals surface area contributed by atoms with E-state index in [1.54, 1.807) is 14.0 Å². The maximum atomic E-state index is 11.3. The van der Waals surface area contributed by atoms with Crippen molar-refractivity contribution in [2.75, 3.05) is 32.2 Å². The number of benzene rings is 1. The molecule has 0 amide bonds. The van der Waals surface area contributed by atoms with Crippen LogP contribution < -0.4 is 4.90 Å². The molecule has 0 atom stereocenters. The van der Waals surface area contributed by atoms with E-state index in [4.69, 9.17) is 4.74 Å². The highest BCUT2D eigenvalue weighted by molar-refractivity contribution is 9.10. The van der Waals surface area contributed by atoms with Crippen LogP contribution in [0.25, 0.3) is 0 Å². The van der Waals surface area contributed by atoms with Gasteiger partial charge in [0.1, 0.15) is 0 Å². The van der Waals surface area contributed by atoms with Crippen molar-refractivity contribution in [3.8, 4) is 0 Å². The zero-order chi connectivity index (χ0) is 12.1. The monoisotopic (exact) mass is 285 g/mol. The molecule has 4 heteroatoms. The summed E-state index contributed by atoms with van der Waals surface area (Å²) in [5.74, 6) is 0.0676. The van der Waals surface area contributed by atoms with Gasteiger partial charge in [0.15, 0.2) is 5.78 Å². The molecule has 88 valence electrons. The molecule has 3 nitrogen and oxygen atoms in total. The molecule has 0 saturated carbocycles. The lowest BCUT2D eigenvalue weighted by Gasteiger charge is -2.19. The molecular weight excluding hydrogens is 270 g/mol. The number of nitrogens with zero attached hydrogens (tertiary/aromatic N) is 1. The van der Waals surface area contributed by atoms with Crippen LogP contribution >= 0.6 is 15.9 Å². The van der Waals surface area contributed by atoms with Crippen molar-refractivity contribution >= 4 is 27.4 Å². The fourth-order valence-electron chi connectivity index (χ4n) is 1.38. The molecule has 0 heterocycles. The van der Waals surface area contributed by atoms with Crippen LogP contribution in [0.5, 0.6) is 0 Å². The Balaban J connectivity index is 2.84. The van der Waals surface area contributed by atoms with Gasteiger partial charge in [-0.25, -0.2) is 0 Å². The summed E-state index contributed by atoms with van der Waals surface area (Å²) in [7, 11) is 3.68. The van der Waals surface area contributed by atoms with Gasteiger partial charge in [-0.3, -0.25) is 4.79 Å². The summed E-state index contributed by atoms with van der Waals surface area (Å²) in [4.78, 5) is 13.3. The number of rotatable bonds is 5. The summed E-state index contributed by atoms with van der Waals surface area (Å²) in [6.45, 7) is 3.07. The molecule has 1 aromatic carbocycles. The van der Waals surface area contributed by atoms with E-state index < -0.39 is 0 Å². The zero-order valence-corrected chi connectivity index (χ0v) is 11.4. The van der Waals surface area contributed by atoms with E-state index in [1.807, 2.05) is 25.2 Å². The van der Waals surface area contributed by atoms with Crippen LogP contribution in [0.2, 0.25) is 0 Å². The number of carbonyl (C=O) groups is 1. The Labute approximate surface area is 105 Å². The fraction of sp³-hybridized carbons (Fsp3) is 0.417. The molecular formula is C12H16BrNO2. The van der Waals surface area contributed by atoms with Crippen molar-refractivity contribution in [2.45, 2.75) is 6.92 Å². The molecule has 0 radical (unpaired) electrons. The molecule has 0 aromatic heterocycles. The number of anilines is 1. The van der Waals surface area contributed by atoms with Gasteiger partial charge in [-0.05, 0) is 41.1 Å². The van der Waals surface area contributed by atoms with Crippen LogP contribution in [-0.4, -0.2) is 33.1 Å². The Morgan fingerprint density at radius 3 is 2.69 bits per heavy atom. The van der Waals surface area contributed by atoms with Crippen molar-refractivity contribution in [1.29, 1.82) is 0 Å². The zero-order valence-electron chi connectivity index (χ0n) is 9.79. The van der Waals surface area contributed by atoms with Gasteiger partial charge in [0, 0.05) is 36.4 Å². The summed E-state index contributed by atoms with van der Waals surface area (Å²) in [5, 5.41) is 0. The van der Waals surface area contributed by atoms with Crippen LogP contribution in [0.1, 0.15) is 17.3 Å². The first kappa shape index (κ1) is 13.2. The molecule has 0 saturated heterocycles. The predicted molar refractivity (Wildman–Crippen MR) is 69.3 cm³/mol. The third-order valence-corrected chi connectivity index (χ3v) is 3.06. The van der Waals surface area contributed by atoms with Crippen molar-refractivity contribution in [3.05, 3.63) is 28.2 Å². The second kappa shape index (κ2) is 6.01. The topological polar surface area (TPSA) is 29.5 Å². The number of Topliss-reactive ketones (excluding diaryl/α,β-unsaturated/α-hetero) is 1. The molecule has 0 fully saturated rings. The van der Waals surface area contributed by atoms with Gasteiger partial charge in [-0.1, -0.05) is 0 Å². The Morgan fingerprint density at radius 2 is 2.19 bits per heavy atom. The summed E-state index contributed by atoms with van der Waals surface area (Å²) in [6.07, 6.45) is 0. The lowest BCUT2D eigenvalue weighted by atomic mass is 10.1. The molecule has 0 aliphatic rings. The third kappa shape index (κ3) is 3.32. The highest BCUT2D eigenvalue weighted by Gasteiger charge is 2.07. The standard InChI is InChI=1S/C12H16BrNO2/c1-9(15)11-5-4-10(8-12(11)13)14(2)6-7-16-3/h4-5,8H,6-7H2,1-3H3. The number of methoxy groups -OCH3 is 1. The molecule has 0 unspecified atom stereocenters. The van der Waals surface area contributed by atoms with Crippen LogP contribution in [0.3, 0.4) is 0 Å². The molecule has 0 bridgehead atoms. The van der Waals surface area contributed by atoms with Gasteiger partial charge in [-0.15, -0.1) is 0 Å². The number of hydrogen-bond donors (Lipinski definition) is 0. The first-order valence-corrected chi connectivity index (χ1v) is 5.86. The fourth-order valence-corrected chi connectivity index (χ4v) is 2.03. The average Bonchev–Trinajstić information content (AvgIpc) is 2.25. The smallest absolute Gasteiger partial charge is 0.160 e. The lowest BCUT2D eigenvalue weighted by molar-refractivity contribution is 0.101. The van der Waals surface area contributed by atoms with Gasteiger partial charge < -0.3 is 9.64 Å². The summed E-state index contributed by atoms with van der Waals surface area (Å²) in [6, 6.07) is 5.73. The average molecular weight is 286 g/mol. The number of hydrogen-bond acceptors (Lipinski definition) is 3. The number of likely N-dealkylation sites (N-methyl/N-ethyl adjacent to an activating group) is 1. The second-order valence-corrected chi connectivity index (χ2v) is 4.49. The maximum absolute atomic E-state index is 11.3. The highest BCUT2D eigenvalue weighted by Crippen LogP contribution is 2.23. The first-order valence-electron chi connectivity index (χ1n) is 5.07. The Morgan fingerprint density at radius 1 is 1.50 bits per heavy atom. The van der Waals surface area contributed by atoms with Crippen LogP contribution in [-0.2, 0) is 4.74 Å². The van der Waals surface area contributed by atoms with E-state index in [-0.39, 0.29) is 5.78 Å². The SMILES string of the molecule is COCCN(C)c1ccc(C(C)=O)c(Br)c1. The lowest BCUT2D eigenvalue weighted by Crippen LogP contribution is -2.22. The van der Waals surface area contributed by atoms with Crippen molar-refractivity contribution in [1.82, 2.24) is 0 Å². The van der Waals surface area contributed by atoms with E-state index in [2.05, 4.69) is 20.8 Å². The van der Waals surface area contributed by atoms with Crippen molar-refractivity contribution < 1.29 is 9.53 Å². The van der Waals surface area contributed by atoms with E-state index in [9.17, 15) is 4.79 Å². The second-order valence-electron chi connectivity index (χ2n) is 3.63. The molecule has 1 rings (SSSR count). The van der Waals surface area contributed by atoms with Gasteiger partial charge in [-0.2, -0.15) is 0 Å². The minimum Gasteiger partial charge on any atom is -0.383 e. The quantitative estimate of drug-likeness (QED) is 0.779. The van der Waals surface area contributed by atoms with E-state index in [1.165, 1.54) is 0 Å². The van der Waals surface area contributed by atoms with Gasteiger partial charge in [0.25, 0.3) is 0 Å². The van der Waals surface area contributed by atoms with Gasteiger partial charge in [0.2, 0.25) is 0 Å². The molecule has 1 aromatic rings. The number of carbonyl (C=O) groups excluding carboxylic acids is 1. The first-order chi connectivity index (χ1) is 7.56. The highest BCUT2D eigenvalue weighted by atomic mass is 79.9. The van der Waals surface area contributed by atoms with E-state index in [0.717, 1.165) is 16.7 Å².